The van der Waals surface area contributed by atoms with Crippen molar-refractivity contribution in [3.05, 3.63) is 87.8 Å². The molecule has 35 heavy (non-hydrogen) atoms. The fourth-order valence-corrected chi connectivity index (χ4v) is 4.76. The first-order valence-electron chi connectivity index (χ1n) is 11.0. The molecule has 0 saturated carbocycles. The lowest BCUT2D eigenvalue weighted by Crippen LogP contribution is -2.60. The summed E-state index contributed by atoms with van der Waals surface area (Å²) in [6.07, 6.45) is 5.36. The summed E-state index contributed by atoms with van der Waals surface area (Å²) in [5.41, 5.74) is 3.03. The third-order valence-electron chi connectivity index (χ3n) is 6.31. The summed E-state index contributed by atoms with van der Waals surface area (Å²) in [7, 11) is 1.56. The Labute approximate surface area is 207 Å². The second kappa shape index (κ2) is 8.19. The molecule has 0 bridgehead atoms. The first kappa shape index (κ1) is 23.0. The molecule has 4 aromatic rings. The molecule has 1 aromatic heterocycles. The van der Waals surface area contributed by atoms with E-state index in [1.807, 2.05) is 25.1 Å². The molecule has 1 fully saturated rings. The quantitative estimate of drug-likeness (QED) is 0.441. The summed E-state index contributed by atoms with van der Waals surface area (Å²) in [4.78, 5) is 14.3. The lowest BCUT2D eigenvalue weighted by atomic mass is 9.92. The van der Waals surface area contributed by atoms with Crippen LogP contribution in [-0.4, -0.2) is 38.0 Å². The molecule has 0 aliphatic carbocycles. The molecule has 6 nitrogen and oxygen atoms in total. The van der Waals surface area contributed by atoms with E-state index in [0.29, 0.717) is 35.5 Å². The Morgan fingerprint density at radius 2 is 1.63 bits per heavy atom. The number of hydrogen-bond donors (Lipinski definition) is 2. The van der Waals surface area contributed by atoms with Crippen molar-refractivity contribution in [3.63, 3.8) is 0 Å². The Morgan fingerprint density at radius 1 is 1.00 bits per heavy atom. The fourth-order valence-electron chi connectivity index (χ4n) is 4.49. The lowest BCUT2D eigenvalue weighted by molar-refractivity contribution is 0.0310. The van der Waals surface area contributed by atoms with Crippen LogP contribution in [0.3, 0.4) is 0 Å². The summed E-state index contributed by atoms with van der Waals surface area (Å²) in [6, 6.07) is 13.0. The number of β-amino-alcohol motifs (C(OH)–C–C–N with tert-alkyl or cyclic N) is 1. The minimum Gasteiger partial charge on any atom is -0.507 e. The van der Waals surface area contributed by atoms with E-state index in [-0.39, 0.29) is 22.0 Å². The smallest absolute Gasteiger partial charge is 0.347 e. The van der Waals surface area contributed by atoms with Crippen LogP contribution in [0.25, 0.3) is 27.9 Å². The van der Waals surface area contributed by atoms with E-state index in [9.17, 15) is 19.4 Å². The van der Waals surface area contributed by atoms with Gasteiger partial charge in [-0.15, -0.1) is 0 Å². The SMILES string of the molecule is Cc1ccc(-c2cc(F)cc(-c3ccc(-n4c#cn(C)c4=O)c(Cl)c3)c2O)cc1N1CC(C)(O)C1. The van der Waals surface area contributed by atoms with E-state index in [2.05, 4.69) is 17.3 Å². The van der Waals surface area contributed by atoms with E-state index in [0.717, 1.165) is 11.3 Å². The molecule has 0 unspecified atom stereocenters. The summed E-state index contributed by atoms with van der Waals surface area (Å²) >= 11 is 6.46. The number of aromatic hydroxyl groups is 1. The van der Waals surface area contributed by atoms with Crippen molar-refractivity contribution in [1.82, 2.24) is 9.13 Å². The number of aryl methyl sites for hydroxylation is 1. The number of aromatic nitrogens is 2. The average Bonchev–Trinajstić information content (AvgIpc) is 3.12. The van der Waals surface area contributed by atoms with Gasteiger partial charge in [-0.05, 0) is 60.9 Å². The first-order chi connectivity index (χ1) is 16.5. The molecule has 178 valence electrons. The minimum atomic E-state index is -0.733. The monoisotopic (exact) mass is 491 g/mol. The van der Waals surface area contributed by atoms with Gasteiger partial charge < -0.3 is 15.1 Å². The number of rotatable bonds is 4. The van der Waals surface area contributed by atoms with Gasteiger partial charge in [0, 0.05) is 49.3 Å². The van der Waals surface area contributed by atoms with Gasteiger partial charge in [-0.25, -0.2) is 13.8 Å². The van der Waals surface area contributed by atoms with Gasteiger partial charge in [0.25, 0.3) is 0 Å². The van der Waals surface area contributed by atoms with Crippen molar-refractivity contribution in [2.45, 2.75) is 19.4 Å². The number of halogens is 2. The number of aliphatic hydroxyl groups is 1. The maximum atomic E-state index is 14.8. The van der Waals surface area contributed by atoms with Gasteiger partial charge in [-0.2, -0.15) is 0 Å². The molecule has 0 spiro atoms. The Bertz CT molecular complexity index is 1510. The van der Waals surface area contributed by atoms with Crippen LogP contribution in [0.15, 0.2) is 53.3 Å². The predicted octanol–water partition coefficient (Wildman–Crippen LogP) is 4.49. The third kappa shape index (κ3) is 4.05. The summed E-state index contributed by atoms with van der Waals surface area (Å²) in [5.74, 6) is -0.596. The number of phenolic OH excluding ortho intramolecular Hbond substituents is 1. The molecule has 1 aliphatic heterocycles. The Kier molecular flexibility index (Phi) is 5.39. The normalized spacial score (nSPS) is 14.5. The van der Waals surface area contributed by atoms with Crippen molar-refractivity contribution in [2.75, 3.05) is 18.0 Å². The molecule has 0 atom stereocenters. The van der Waals surface area contributed by atoms with E-state index < -0.39 is 11.4 Å². The molecule has 1 saturated heterocycles. The first-order valence-corrected chi connectivity index (χ1v) is 11.4. The third-order valence-corrected chi connectivity index (χ3v) is 6.61. The topological polar surface area (TPSA) is 70.6 Å². The van der Waals surface area contributed by atoms with Crippen LogP contribution in [0.1, 0.15) is 12.5 Å². The fraction of sp³-hybridized carbons (Fsp3) is 0.222. The zero-order chi connectivity index (χ0) is 25.1. The number of nitrogens with zero attached hydrogens (tertiary/aromatic N) is 3. The zero-order valence-electron chi connectivity index (χ0n) is 19.4. The summed E-state index contributed by atoms with van der Waals surface area (Å²) in [5, 5.41) is 21.5. The predicted molar refractivity (Wildman–Crippen MR) is 134 cm³/mol. The summed E-state index contributed by atoms with van der Waals surface area (Å²) < 4.78 is 17.2. The van der Waals surface area contributed by atoms with Crippen LogP contribution >= 0.6 is 11.6 Å². The number of phenols is 1. The van der Waals surface area contributed by atoms with E-state index in [4.69, 9.17) is 11.6 Å². The number of anilines is 1. The van der Waals surface area contributed by atoms with Gasteiger partial charge >= 0.3 is 5.69 Å². The van der Waals surface area contributed by atoms with Crippen molar-refractivity contribution >= 4 is 17.3 Å². The Balaban J connectivity index is 1.56. The van der Waals surface area contributed by atoms with Crippen molar-refractivity contribution < 1.29 is 14.6 Å². The van der Waals surface area contributed by atoms with Crippen molar-refractivity contribution in [2.24, 2.45) is 7.05 Å². The highest BCUT2D eigenvalue weighted by Gasteiger charge is 2.37. The molecule has 2 N–H and O–H groups in total. The van der Waals surface area contributed by atoms with Crippen LogP contribution in [0.5, 0.6) is 5.75 Å². The van der Waals surface area contributed by atoms with E-state index in [1.165, 1.54) is 21.3 Å². The van der Waals surface area contributed by atoms with Crippen LogP contribution < -0.4 is 10.6 Å². The second-order valence-electron chi connectivity index (χ2n) is 9.27. The van der Waals surface area contributed by atoms with Crippen LogP contribution in [-0.2, 0) is 7.05 Å². The van der Waals surface area contributed by atoms with Crippen molar-refractivity contribution in [1.29, 1.82) is 0 Å². The van der Waals surface area contributed by atoms with Gasteiger partial charge in [0.15, 0.2) is 0 Å². The molecule has 2 heterocycles. The Morgan fingerprint density at radius 3 is 2.20 bits per heavy atom. The number of benzene rings is 3. The zero-order valence-corrected chi connectivity index (χ0v) is 20.2. The highest BCUT2D eigenvalue weighted by atomic mass is 35.5. The Hall–Kier alpha value is -3.73. The van der Waals surface area contributed by atoms with E-state index in [1.54, 1.807) is 32.2 Å². The van der Waals surface area contributed by atoms with Crippen molar-refractivity contribution in [3.8, 4) is 33.7 Å². The minimum absolute atomic E-state index is 0.0857. The largest absolute Gasteiger partial charge is 0.507 e. The molecule has 0 amide bonds. The maximum Gasteiger partial charge on any atom is 0.347 e. The molecule has 1 aliphatic rings. The standard InChI is InChI=1S/C27H23ClFN3O3/c1-16-4-5-18(11-24(16)31-14-27(2,35)15-31)21-13-19(29)12-20(25(21)33)17-6-7-23(22(28)10-17)32-9-8-30(3)26(32)34/h4-7,10-13,33,35H,14-15H2,1-3H3. The van der Waals surface area contributed by atoms with Gasteiger partial charge in [-0.3, -0.25) is 4.57 Å². The molecular formula is C27H23ClFN3O3. The second-order valence-corrected chi connectivity index (χ2v) is 9.68. The molecule has 0 radical (unpaired) electrons. The highest BCUT2D eigenvalue weighted by Crippen LogP contribution is 2.42. The van der Waals surface area contributed by atoms with Crippen LogP contribution in [0.4, 0.5) is 10.1 Å². The van der Waals surface area contributed by atoms with Gasteiger partial charge in [-0.1, -0.05) is 29.8 Å². The molecular weight excluding hydrogens is 469 g/mol. The molecule has 8 heteroatoms. The van der Waals surface area contributed by atoms with Gasteiger partial charge in [0.05, 0.1) is 16.3 Å². The van der Waals surface area contributed by atoms with Gasteiger partial charge in [0.2, 0.25) is 0 Å². The number of hydrogen-bond acceptors (Lipinski definition) is 4. The summed E-state index contributed by atoms with van der Waals surface area (Å²) in [6.45, 7) is 4.76. The highest BCUT2D eigenvalue weighted by molar-refractivity contribution is 6.32. The average molecular weight is 492 g/mol. The lowest BCUT2D eigenvalue weighted by Gasteiger charge is -2.46. The molecule has 5 rings (SSSR count). The van der Waals surface area contributed by atoms with E-state index >= 15 is 0 Å². The maximum absolute atomic E-state index is 14.8. The van der Waals surface area contributed by atoms with Gasteiger partial charge in [0.1, 0.15) is 11.6 Å². The molecule has 3 aromatic carbocycles. The van der Waals surface area contributed by atoms with Crippen LogP contribution in [0, 0.1) is 25.1 Å². The van der Waals surface area contributed by atoms with Crippen LogP contribution in [0.2, 0.25) is 5.02 Å².